The fourth-order valence-electron chi connectivity index (χ4n) is 3.09. The van der Waals surface area contributed by atoms with Gasteiger partial charge in [0.2, 0.25) is 5.91 Å². The van der Waals surface area contributed by atoms with Crippen LogP contribution in [0.5, 0.6) is 0 Å². The summed E-state index contributed by atoms with van der Waals surface area (Å²) in [7, 11) is 0. The molecule has 0 saturated heterocycles. The van der Waals surface area contributed by atoms with Crippen LogP contribution < -0.4 is 5.32 Å². The highest BCUT2D eigenvalue weighted by Crippen LogP contribution is 2.58. The number of hydrogen-bond acceptors (Lipinski definition) is 3. The molecular weight excluding hydrogens is 313 g/mol. The van der Waals surface area contributed by atoms with E-state index < -0.39 is 23.2 Å². The van der Waals surface area contributed by atoms with Gasteiger partial charge in [0.25, 0.3) is 0 Å². The van der Waals surface area contributed by atoms with E-state index in [1.165, 1.54) is 12.1 Å². The second-order valence-corrected chi connectivity index (χ2v) is 6.63. The summed E-state index contributed by atoms with van der Waals surface area (Å²) in [5, 5.41) is 16.0. The van der Waals surface area contributed by atoms with Crippen molar-refractivity contribution >= 4 is 17.7 Å². The SMILES string of the molecule is CC1(C)[C@H](C(=O)Nc2ccn(Cc3ccc(F)cc3)n2)[C@@H]1C(=O)O. The minimum atomic E-state index is -0.956. The first kappa shape index (κ1) is 16.2. The zero-order valence-electron chi connectivity index (χ0n) is 13.4. The molecule has 1 heterocycles. The van der Waals surface area contributed by atoms with Crippen molar-refractivity contribution in [3.63, 3.8) is 0 Å². The number of anilines is 1. The molecule has 0 spiro atoms. The third kappa shape index (κ3) is 3.02. The Balaban J connectivity index is 1.63. The van der Waals surface area contributed by atoms with E-state index in [9.17, 15) is 14.0 Å². The minimum Gasteiger partial charge on any atom is -0.481 e. The second kappa shape index (κ2) is 5.74. The molecule has 1 aliphatic carbocycles. The summed E-state index contributed by atoms with van der Waals surface area (Å²) in [4.78, 5) is 23.4. The zero-order valence-corrected chi connectivity index (χ0v) is 13.4. The summed E-state index contributed by atoms with van der Waals surface area (Å²) in [6.45, 7) is 3.98. The van der Waals surface area contributed by atoms with E-state index in [2.05, 4.69) is 10.4 Å². The maximum absolute atomic E-state index is 12.9. The average Bonchev–Trinajstić information content (AvgIpc) is 2.85. The van der Waals surface area contributed by atoms with Crippen molar-refractivity contribution in [2.75, 3.05) is 5.32 Å². The van der Waals surface area contributed by atoms with Gasteiger partial charge in [-0.1, -0.05) is 26.0 Å². The number of rotatable bonds is 5. The number of benzene rings is 1. The first-order chi connectivity index (χ1) is 11.3. The van der Waals surface area contributed by atoms with E-state index in [-0.39, 0.29) is 11.7 Å². The van der Waals surface area contributed by atoms with Crippen LogP contribution in [0, 0.1) is 23.1 Å². The molecule has 0 unspecified atom stereocenters. The predicted octanol–water partition coefficient (Wildman–Crippen LogP) is 2.37. The Labute approximate surface area is 138 Å². The van der Waals surface area contributed by atoms with Gasteiger partial charge >= 0.3 is 5.97 Å². The van der Waals surface area contributed by atoms with Gasteiger partial charge in [-0.05, 0) is 23.1 Å². The molecule has 24 heavy (non-hydrogen) atoms. The highest BCUT2D eigenvalue weighted by molar-refractivity contribution is 5.99. The fraction of sp³-hybridized carbons (Fsp3) is 0.353. The number of nitrogens with zero attached hydrogens (tertiary/aromatic N) is 2. The quantitative estimate of drug-likeness (QED) is 0.881. The molecule has 0 bridgehead atoms. The van der Waals surface area contributed by atoms with Crippen molar-refractivity contribution in [2.24, 2.45) is 17.3 Å². The summed E-state index contributed by atoms with van der Waals surface area (Å²) in [5.74, 6) is -2.45. The number of amides is 1. The van der Waals surface area contributed by atoms with Crippen molar-refractivity contribution in [3.8, 4) is 0 Å². The number of carbonyl (C=O) groups excluding carboxylic acids is 1. The minimum absolute atomic E-state index is 0.299. The van der Waals surface area contributed by atoms with E-state index in [4.69, 9.17) is 5.11 Å². The van der Waals surface area contributed by atoms with Crippen molar-refractivity contribution in [3.05, 3.63) is 47.9 Å². The van der Waals surface area contributed by atoms with Gasteiger partial charge < -0.3 is 10.4 Å². The van der Waals surface area contributed by atoms with E-state index in [1.807, 2.05) is 0 Å². The zero-order chi connectivity index (χ0) is 17.5. The van der Waals surface area contributed by atoms with Crippen LogP contribution >= 0.6 is 0 Å². The molecule has 1 aromatic heterocycles. The number of carboxylic acid groups (broad SMARTS) is 1. The molecule has 1 saturated carbocycles. The molecule has 2 atom stereocenters. The Morgan fingerprint density at radius 1 is 1.25 bits per heavy atom. The molecule has 6 nitrogen and oxygen atoms in total. The van der Waals surface area contributed by atoms with Gasteiger partial charge in [-0.3, -0.25) is 14.3 Å². The molecule has 1 aliphatic rings. The summed E-state index contributed by atoms with van der Waals surface area (Å²) in [6, 6.07) is 7.73. The lowest BCUT2D eigenvalue weighted by molar-refractivity contribution is -0.140. The van der Waals surface area contributed by atoms with Gasteiger partial charge in [0, 0.05) is 12.3 Å². The van der Waals surface area contributed by atoms with Crippen molar-refractivity contribution < 1.29 is 19.1 Å². The fourth-order valence-corrected chi connectivity index (χ4v) is 3.09. The van der Waals surface area contributed by atoms with E-state index >= 15 is 0 Å². The largest absolute Gasteiger partial charge is 0.481 e. The van der Waals surface area contributed by atoms with Gasteiger partial charge in [-0.25, -0.2) is 4.39 Å². The molecular formula is C17H18FN3O3. The van der Waals surface area contributed by atoms with E-state index in [1.54, 1.807) is 42.9 Å². The molecule has 2 aromatic rings. The lowest BCUT2D eigenvalue weighted by Gasteiger charge is -2.04. The Hall–Kier alpha value is -2.70. The van der Waals surface area contributed by atoms with Crippen LogP contribution in [0.2, 0.25) is 0 Å². The van der Waals surface area contributed by atoms with Crippen molar-refractivity contribution in [1.29, 1.82) is 0 Å². The van der Waals surface area contributed by atoms with Crippen LogP contribution in [0.25, 0.3) is 0 Å². The summed E-state index contributed by atoms with van der Waals surface area (Å²) < 4.78 is 14.5. The van der Waals surface area contributed by atoms with Crippen molar-refractivity contribution in [2.45, 2.75) is 20.4 Å². The Morgan fingerprint density at radius 3 is 2.50 bits per heavy atom. The third-order valence-corrected chi connectivity index (χ3v) is 4.53. The van der Waals surface area contributed by atoms with Gasteiger partial charge in [0.1, 0.15) is 5.82 Å². The molecule has 7 heteroatoms. The lowest BCUT2D eigenvalue weighted by Crippen LogP contribution is -2.18. The molecule has 1 amide bonds. The van der Waals surface area contributed by atoms with Crippen LogP contribution in [0.15, 0.2) is 36.5 Å². The van der Waals surface area contributed by atoms with Gasteiger partial charge in [0.05, 0.1) is 18.4 Å². The highest BCUT2D eigenvalue weighted by Gasteiger charge is 2.65. The summed E-state index contributed by atoms with van der Waals surface area (Å²) in [6.07, 6.45) is 1.70. The Bertz CT molecular complexity index is 783. The molecule has 3 rings (SSSR count). The van der Waals surface area contributed by atoms with Crippen LogP contribution in [-0.2, 0) is 16.1 Å². The van der Waals surface area contributed by atoms with E-state index in [0.29, 0.717) is 12.4 Å². The first-order valence-electron chi connectivity index (χ1n) is 7.60. The molecule has 0 aliphatic heterocycles. The molecule has 1 fully saturated rings. The van der Waals surface area contributed by atoms with Crippen molar-refractivity contribution in [1.82, 2.24) is 9.78 Å². The van der Waals surface area contributed by atoms with E-state index in [0.717, 1.165) is 5.56 Å². The molecule has 0 radical (unpaired) electrons. The second-order valence-electron chi connectivity index (χ2n) is 6.63. The number of carbonyl (C=O) groups is 2. The highest BCUT2D eigenvalue weighted by atomic mass is 19.1. The maximum Gasteiger partial charge on any atom is 0.307 e. The molecule has 126 valence electrons. The molecule has 1 aromatic carbocycles. The standard InChI is InChI=1S/C17H18FN3O3/c1-17(2)13(14(17)16(23)24)15(22)19-12-7-8-21(20-12)9-10-3-5-11(18)6-4-10/h3-8,13-14H,9H2,1-2H3,(H,23,24)(H,19,20,22)/t13-,14+/m0/s1. The topological polar surface area (TPSA) is 84.2 Å². The average molecular weight is 331 g/mol. The van der Waals surface area contributed by atoms with Gasteiger partial charge in [-0.15, -0.1) is 0 Å². The Kier molecular flexibility index (Phi) is 3.87. The summed E-state index contributed by atoms with van der Waals surface area (Å²) >= 11 is 0. The predicted molar refractivity (Wildman–Crippen MR) is 84.8 cm³/mol. The number of hydrogen-bond donors (Lipinski definition) is 2. The normalized spacial score (nSPS) is 21.3. The number of nitrogens with one attached hydrogen (secondary N) is 1. The lowest BCUT2D eigenvalue weighted by atomic mass is 10.1. The first-order valence-corrected chi connectivity index (χ1v) is 7.60. The molecule has 2 N–H and O–H groups in total. The van der Waals surface area contributed by atoms with Crippen LogP contribution in [0.3, 0.4) is 0 Å². The summed E-state index contributed by atoms with van der Waals surface area (Å²) in [5.41, 5.74) is 0.332. The van der Waals surface area contributed by atoms with Crippen LogP contribution in [-0.4, -0.2) is 26.8 Å². The smallest absolute Gasteiger partial charge is 0.307 e. The van der Waals surface area contributed by atoms with Crippen LogP contribution in [0.1, 0.15) is 19.4 Å². The third-order valence-electron chi connectivity index (χ3n) is 4.53. The number of aromatic nitrogens is 2. The maximum atomic E-state index is 12.9. The van der Waals surface area contributed by atoms with Crippen LogP contribution in [0.4, 0.5) is 10.2 Å². The number of carboxylic acids is 1. The monoisotopic (exact) mass is 331 g/mol. The van der Waals surface area contributed by atoms with Gasteiger partial charge in [-0.2, -0.15) is 5.10 Å². The number of halogens is 1. The number of aliphatic carboxylic acids is 1. The Morgan fingerprint density at radius 2 is 1.92 bits per heavy atom. The van der Waals surface area contributed by atoms with Gasteiger partial charge in [0.15, 0.2) is 5.82 Å².